The van der Waals surface area contributed by atoms with E-state index < -0.39 is 0 Å². The molecule has 0 saturated carbocycles. The third-order valence-electron chi connectivity index (χ3n) is 6.90. The average Bonchev–Trinajstić information content (AvgIpc) is 3.44. The van der Waals surface area contributed by atoms with Gasteiger partial charge in [0.2, 0.25) is 0 Å². The first kappa shape index (κ1) is 22.0. The molecule has 0 fully saturated rings. The number of para-hydroxylation sites is 1. The van der Waals surface area contributed by atoms with Crippen molar-refractivity contribution >= 4 is 38.7 Å². The number of benzene rings is 5. The molecule has 4 heteroatoms. The van der Waals surface area contributed by atoms with E-state index in [1.807, 2.05) is 48.8 Å². The van der Waals surface area contributed by atoms with Crippen molar-refractivity contribution in [2.24, 2.45) is 0 Å². The summed E-state index contributed by atoms with van der Waals surface area (Å²) in [4.78, 5) is 11.8. The Balaban J connectivity index is 1.41. The molecule has 0 unspecified atom stereocenters. The highest BCUT2D eigenvalue weighted by atomic mass is 15.2. The molecule has 4 nitrogen and oxygen atoms in total. The Morgan fingerprint density at radius 1 is 0.553 bits per heavy atom. The summed E-state index contributed by atoms with van der Waals surface area (Å²) in [7, 11) is 0. The van der Waals surface area contributed by atoms with Crippen LogP contribution in [0.25, 0.3) is 38.8 Å². The molecule has 0 aliphatic carbocycles. The second-order valence-corrected chi connectivity index (χ2v) is 9.23. The van der Waals surface area contributed by atoms with E-state index in [0.29, 0.717) is 5.82 Å². The van der Waals surface area contributed by atoms with Gasteiger partial charge < -0.3 is 9.47 Å². The molecule has 7 aromatic rings. The van der Waals surface area contributed by atoms with Crippen molar-refractivity contribution in [3.63, 3.8) is 0 Å². The topological polar surface area (TPSA) is 34.0 Å². The van der Waals surface area contributed by atoms with E-state index in [0.717, 1.165) is 39.2 Å². The van der Waals surface area contributed by atoms with Gasteiger partial charge in [0, 0.05) is 28.5 Å². The number of anilines is 3. The van der Waals surface area contributed by atoms with Crippen molar-refractivity contribution in [3.8, 4) is 17.1 Å². The summed E-state index contributed by atoms with van der Waals surface area (Å²) < 4.78 is 2.23. The van der Waals surface area contributed by atoms with E-state index in [9.17, 15) is 0 Å². The minimum atomic E-state index is 0.709. The monoisotopic (exact) mass is 488 g/mol. The van der Waals surface area contributed by atoms with Gasteiger partial charge in [-0.2, -0.15) is 0 Å². The Hall–Kier alpha value is -5.22. The van der Waals surface area contributed by atoms with Crippen LogP contribution in [0.2, 0.25) is 0 Å². The van der Waals surface area contributed by atoms with Crippen LogP contribution in [0.3, 0.4) is 0 Å². The normalized spacial score (nSPS) is 11.2. The van der Waals surface area contributed by atoms with Gasteiger partial charge in [-0.1, -0.05) is 84.9 Å². The standard InChI is InChI=1S/C34H24N4/c1-3-11-26(12-4-1)34-35-23-30(24-36-34)38(29-19-18-25-10-7-8-13-27(25)22-29)33-17-9-16-32-31(33)20-21-37(32)28-14-5-2-6-15-28/h1-24H. The summed E-state index contributed by atoms with van der Waals surface area (Å²) in [5.74, 6) is 0.709. The van der Waals surface area contributed by atoms with Gasteiger partial charge in [-0.15, -0.1) is 0 Å². The molecule has 0 atom stereocenters. The van der Waals surface area contributed by atoms with Crippen molar-refractivity contribution in [2.75, 3.05) is 4.90 Å². The molecule has 0 radical (unpaired) electrons. The van der Waals surface area contributed by atoms with Gasteiger partial charge in [-0.3, -0.25) is 0 Å². The van der Waals surface area contributed by atoms with Gasteiger partial charge in [0.05, 0.1) is 29.3 Å². The molecule has 0 amide bonds. The first-order chi connectivity index (χ1) is 18.8. The van der Waals surface area contributed by atoms with Gasteiger partial charge in [-0.05, 0) is 53.2 Å². The lowest BCUT2D eigenvalue weighted by Crippen LogP contribution is -2.11. The van der Waals surface area contributed by atoms with Crippen LogP contribution in [-0.4, -0.2) is 14.5 Å². The zero-order valence-corrected chi connectivity index (χ0v) is 20.6. The first-order valence-corrected chi connectivity index (χ1v) is 12.7. The summed E-state index contributed by atoms with van der Waals surface area (Å²) >= 11 is 0. The quantitative estimate of drug-likeness (QED) is 0.243. The SMILES string of the molecule is c1ccc(-c2ncc(N(c3ccc4ccccc4c3)c3cccc4c3ccn4-c3ccccc3)cn2)cc1. The van der Waals surface area contributed by atoms with Crippen LogP contribution in [0.4, 0.5) is 17.1 Å². The van der Waals surface area contributed by atoms with E-state index in [4.69, 9.17) is 9.97 Å². The maximum absolute atomic E-state index is 4.76. The van der Waals surface area contributed by atoms with Crippen LogP contribution in [0, 0.1) is 0 Å². The van der Waals surface area contributed by atoms with E-state index in [1.165, 1.54) is 10.8 Å². The lowest BCUT2D eigenvalue weighted by molar-refractivity contribution is 1.13. The van der Waals surface area contributed by atoms with E-state index in [1.54, 1.807) is 0 Å². The van der Waals surface area contributed by atoms with Crippen LogP contribution >= 0.6 is 0 Å². The molecule has 2 heterocycles. The number of fused-ring (bicyclic) bond motifs is 2. The Bertz CT molecular complexity index is 1860. The zero-order valence-electron chi connectivity index (χ0n) is 20.6. The maximum Gasteiger partial charge on any atom is 0.159 e. The van der Waals surface area contributed by atoms with Crippen LogP contribution in [0.5, 0.6) is 0 Å². The van der Waals surface area contributed by atoms with Crippen LogP contribution in [-0.2, 0) is 0 Å². The van der Waals surface area contributed by atoms with Crippen molar-refractivity contribution in [1.29, 1.82) is 0 Å². The van der Waals surface area contributed by atoms with Gasteiger partial charge in [0.1, 0.15) is 0 Å². The number of nitrogens with zero attached hydrogens (tertiary/aromatic N) is 4. The van der Waals surface area contributed by atoms with Crippen molar-refractivity contribution < 1.29 is 0 Å². The molecule has 2 aromatic heterocycles. The third kappa shape index (κ3) is 3.89. The van der Waals surface area contributed by atoms with Gasteiger partial charge >= 0.3 is 0 Å². The Labute approximate surface area is 221 Å². The molecule has 38 heavy (non-hydrogen) atoms. The highest BCUT2D eigenvalue weighted by Crippen LogP contribution is 2.40. The summed E-state index contributed by atoms with van der Waals surface area (Å²) in [5, 5.41) is 3.54. The predicted octanol–water partition coefficient (Wildman–Crippen LogP) is 8.71. The van der Waals surface area contributed by atoms with Crippen molar-refractivity contribution in [1.82, 2.24) is 14.5 Å². The molecule has 5 aromatic carbocycles. The summed E-state index contributed by atoms with van der Waals surface area (Å²) in [6.07, 6.45) is 5.96. The maximum atomic E-state index is 4.76. The summed E-state index contributed by atoms with van der Waals surface area (Å²) in [6.45, 7) is 0. The van der Waals surface area contributed by atoms with Gasteiger partial charge in [0.25, 0.3) is 0 Å². The molecule has 180 valence electrons. The van der Waals surface area contributed by atoms with E-state index in [2.05, 4.69) is 107 Å². The Kier molecular flexibility index (Phi) is 5.41. The van der Waals surface area contributed by atoms with E-state index >= 15 is 0 Å². The van der Waals surface area contributed by atoms with E-state index in [-0.39, 0.29) is 0 Å². The molecule has 7 rings (SSSR count). The number of aromatic nitrogens is 3. The number of hydrogen-bond acceptors (Lipinski definition) is 3. The van der Waals surface area contributed by atoms with Crippen molar-refractivity contribution in [2.45, 2.75) is 0 Å². The Morgan fingerprint density at radius 2 is 1.26 bits per heavy atom. The molecule has 0 N–H and O–H groups in total. The highest BCUT2D eigenvalue weighted by Gasteiger charge is 2.18. The van der Waals surface area contributed by atoms with Crippen LogP contribution in [0.15, 0.2) is 146 Å². The largest absolute Gasteiger partial charge is 0.316 e. The molecule has 0 aliphatic rings. The van der Waals surface area contributed by atoms with Crippen LogP contribution in [0.1, 0.15) is 0 Å². The highest BCUT2D eigenvalue weighted by molar-refractivity contribution is 5.99. The van der Waals surface area contributed by atoms with Crippen LogP contribution < -0.4 is 4.90 Å². The minimum absolute atomic E-state index is 0.709. The zero-order chi connectivity index (χ0) is 25.3. The molecular weight excluding hydrogens is 464 g/mol. The first-order valence-electron chi connectivity index (χ1n) is 12.7. The van der Waals surface area contributed by atoms with Gasteiger partial charge in [0.15, 0.2) is 5.82 Å². The lowest BCUT2D eigenvalue weighted by atomic mass is 10.1. The van der Waals surface area contributed by atoms with Gasteiger partial charge in [-0.25, -0.2) is 9.97 Å². The fraction of sp³-hybridized carbons (Fsp3) is 0. The smallest absolute Gasteiger partial charge is 0.159 e. The minimum Gasteiger partial charge on any atom is -0.316 e. The fourth-order valence-electron chi connectivity index (χ4n) is 5.08. The molecule has 0 saturated heterocycles. The molecule has 0 bridgehead atoms. The Morgan fingerprint density at radius 3 is 2.05 bits per heavy atom. The summed E-state index contributed by atoms with van der Waals surface area (Å²) in [5.41, 5.74) is 6.30. The fourth-order valence-corrected chi connectivity index (χ4v) is 5.08. The molecular formula is C34H24N4. The van der Waals surface area contributed by atoms with Crippen molar-refractivity contribution in [3.05, 3.63) is 146 Å². The molecule has 0 aliphatic heterocycles. The second kappa shape index (κ2) is 9.34. The number of rotatable bonds is 5. The number of hydrogen-bond donors (Lipinski definition) is 0. The average molecular weight is 489 g/mol. The predicted molar refractivity (Wildman–Crippen MR) is 156 cm³/mol. The second-order valence-electron chi connectivity index (χ2n) is 9.23. The molecule has 0 spiro atoms. The lowest BCUT2D eigenvalue weighted by Gasteiger charge is -2.26. The summed E-state index contributed by atoms with van der Waals surface area (Å²) in [6, 6.07) is 44.2. The third-order valence-corrected chi connectivity index (χ3v) is 6.90.